The first kappa shape index (κ1) is 13.3. The average Bonchev–Trinajstić information content (AvgIpc) is 2.84. The molecular weight excluding hydrogens is 248 g/mol. The molecule has 1 aromatic rings. The summed E-state index contributed by atoms with van der Waals surface area (Å²) in [6.45, 7) is 1.78. The van der Waals surface area contributed by atoms with E-state index in [0.29, 0.717) is 6.04 Å². The molecular formula is C17H22N2O. The van der Waals surface area contributed by atoms with E-state index in [4.69, 9.17) is 4.74 Å². The molecule has 1 aliphatic heterocycles. The molecule has 0 N–H and O–H groups in total. The topological polar surface area (TPSA) is 36.3 Å². The predicted molar refractivity (Wildman–Crippen MR) is 79.9 cm³/mol. The lowest BCUT2D eigenvalue weighted by Crippen LogP contribution is -2.40. The summed E-state index contributed by atoms with van der Waals surface area (Å²) in [5.74, 6) is 1.13. The van der Waals surface area contributed by atoms with Crippen LogP contribution in [0.4, 0.5) is 5.69 Å². The summed E-state index contributed by atoms with van der Waals surface area (Å²) < 4.78 is 5.85. The predicted octanol–water partition coefficient (Wildman–Crippen LogP) is 3.75. The van der Waals surface area contributed by atoms with E-state index in [-0.39, 0.29) is 5.92 Å². The Bertz CT molecular complexity index is 494. The minimum absolute atomic E-state index is 0.156. The number of nitriles is 1. The lowest BCUT2D eigenvalue weighted by Gasteiger charge is -2.35. The van der Waals surface area contributed by atoms with Crippen molar-refractivity contribution < 1.29 is 4.74 Å². The van der Waals surface area contributed by atoms with Gasteiger partial charge in [0.2, 0.25) is 0 Å². The number of anilines is 1. The normalized spacial score (nSPS) is 26.6. The van der Waals surface area contributed by atoms with Gasteiger partial charge in [-0.2, -0.15) is 5.26 Å². The third-order valence-electron chi connectivity index (χ3n) is 4.52. The van der Waals surface area contributed by atoms with E-state index in [1.54, 1.807) is 0 Å². The zero-order valence-electron chi connectivity index (χ0n) is 11.9. The molecule has 1 fully saturated rings. The molecule has 0 spiro atoms. The van der Waals surface area contributed by atoms with Gasteiger partial charge >= 0.3 is 0 Å². The van der Waals surface area contributed by atoms with Crippen LogP contribution >= 0.6 is 0 Å². The Morgan fingerprint density at radius 2 is 1.95 bits per heavy atom. The van der Waals surface area contributed by atoms with E-state index in [0.717, 1.165) is 38.2 Å². The van der Waals surface area contributed by atoms with Crippen LogP contribution < -0.4 is 9.64 Å². The molecule has 20 heavy (non-hydrogen) atoms. The standard InChI is InChI=1S/C17H22N2O/c18-13-14-7-2-1-3-8-15(14)19-11-6-12-20-17-10-5-4-9-16(17)19/h4-5,9-10,14-15H,1-3,6-8,11-12H2. The van der Waals surface area contributed by atoms with Crippen LogP contribution in [0.5, 0.6) is 5.75 Å². The molecule has 0 radical (unpaired) electrons. The molecule has 1 heterocycles. The van der Waals surface area contributed by atoms with E-state index in [2.05, 4.69) is 23.1 Å². The van der Waals surface area contributed by atoms with E-state index in [9.17, 15) is 5.26 Å². The molecule has 106 valence electrons. The summed E-state index contributed by atoms with van der Waals surface area (Å²) in [6, 6.07) is 11.2. The van der Waals surface area contributed by atoms with Gasteiger partial charge in [-0.1, -0.05) is 31.4 Å². The fourth-order valence-electron chi connectivity index (χ4n) is 3.51. The third-order valence-corrected chi connectivity index (χ3v) is 4.52. The van der Waals surface area contributed by atoms with Crippen molar-refractivity contribution in [2.24, 2.45) is 5.92 Å². The highest BCUT2D eigenvalue weighted by atomic mass is 16.5. The Balaban J connectivity index is 1.93. The smallest absolute Gasteiger partial charge is 0.142 e. The number of fused-ring (bicyclic) bond motifs is 1. The second-order valence-electron chi connectivity index (χ2n) is 5.80. The molecule has 1 aromatic carbocycles. The first-order valence-electron chi connectivity index (χ1n) is 7.78. The molecule has 1 saturated carbocycles. The highest BCUT2D eigenvalue weighted by Gasteiger charge is 2.31. The van der Waals surface area contributed by atoms with Gasteiger partial charge in [0.25, 0.3) is 0 Å². The minimum Gasteiger partial charge on any atom is -0.491 e. The van der Waals surface area contributed by atoms with Crippen molar-refractivity contribution in [3.8, 4) is 11.8 Å². The van der Waals surface area contributed by atoms with Crippen molar-refractivity contribution >= 4 is 5.69 Å². The van der Waals surface area contributed by atoms with Gasteiger partial charge in [0.15, 0.2) is 0 Å². The molecule has 3 rings (SSSR count). The van der Waals surface area contributed by atoms with Crippen LogP contribution in [0.25, 0.3) is 0 Å². The summed E-state index contributed by atoms with van der Waals surface area (Å²) in [6.07, 6.45) is 6.90. The maximum atomic E-state index is 9.53. The monoisotopic (exact) mass is 270 g/mol. The minimum atomic E-state index is 0.156. The highest BCUT2D eigenvalue weighted by molar-refractivity contribution is 5.60. The second kappa shape index (κ2) is 6.17. The lowest BCUT2D eigenvalue weighted by atomic mass is 9.94. The third kappa shape index (κ3) is 2.60. The van der Waals surface area contributed by atoms with Gasteiger partial charge in [-0.15, -0.1) is 0 Å². The Kier molecular flexibility index (Phi) is 4.11. The number of para-hydroxylation sites is 2. The first-order chi connectivity index (χ1) is 9.90. The van der Waals surface area contributed by atoms with Gasteiger partial charge in [0, 0.05) is 12.6 Å². The van der Waals surface area contributed by atoms with Gasteiger partial charge < -0.3 is 9.64 Å². The zero-order chi connectivity index (χ0) is 13.8. The van der Waals surface area contributed by atoms with Crippen molar-refractivity contribution in [3.63, 3.8) is 0 Å². The largest absolute Gasteiger partial charge is 0.491 e. The molecule has 3 nitrogen and oxygen atoms in total. The van der Waals surface area contributed by atoms with E-state index < -0.39 is 0 Å². The number of benzene rings is 1. The molecule has 0 aromatic heterocycles. The molecule has 0 bridgehead atoms. The van der Waals surface area contributed by atoms with Crippen LogP contribution in [0.2, 0.25) is 0 Å². The van der Waals surface area contributed by atoms with Crippen LogP contribution in [0, 0.1) is 17.2 Å². The maximum Gasteiger partial charge on any atom is 0.142 e. The van der Waals surface area contributed by atoms with Crippen molar-refractivity contribution in [2.75, 3.05) is 18.1 Å². The quantitative estimate of drug-likeness (QED) is 0.729. The van der Waals surface area contributed by atoms with Crippen molar-refractivity contribution in [1.29, 1.82) is 5.26 Å². The van der Waals surface area contributed by atoms with Gasteiger partial charge in [0.05, 0.1) is 24.3 Å². The molecule has 1 aliphatic carbocycles. The van der Waals surface area contributed by atoms with Crippen LogP contribution in [-0.4, -0.2) is 19.2 Å². The van der Waals surface area contributed by atoms with E-state index in [1.165, 1.54) is 24.9 Å². The van der Waals surface area contributed by atoms with Crippen LogP contribution in [0.15, 0.2) is 24.3 Å². The van der Waals surface area contributed by atoms with Crippen LogP contribution in [0.1, 0.15) is 38.5 Å². The summed E-state index contributed by atoms with van der Waals surface area (Å²) in [5.41, 5.74) is 1.18. The van der Waals surface area contributed by atoms with Gasteiger partial charge in [-0.3, -0.25) is 0 Å². The summed E-state index contributed by atoms with van der Waals surface area (Å²) in [4.78, 5) is 2.45. The average molecular weight is 270 g/mol. The molecule has 0 amide bonds. The number of ether oxygens (including phenoxy) is 1. The number of hydrogen-bond donors (Lipinski definition) is 0. The Hall–Kier alpha value is -1.69. The SMILES string of the molecule is N#CC1CCCCCC1N1CCCOc2ccccc21. The zero-order valence-corrected chi connectivity index (χ0v) is 11.9. The van der Waals surface area contributed by atoms with Crippen molar-refractivity contribution in [2.45, 2.75) is 44.6 Å². The summed E-state index contributed by atoms with van der Waals surface area (Å²) >= 11 is 0. The molecule has 3 heteroatoms. The Morgan fingerprint density at radius 1 is 1.10 bits per heavy atom. The molecule has 2 atom stereocenters. The summed E-state index contributed by atoms with van der Waals surface area (Å²) in [5, 5.41) is 9.53. The first-order valence-corrected chi connectivity index (χ1v) is 7.78. The van der Waals surface area contributed by atoms with E-state index in [1.807, 2.05) is 12.1 Å². The fraction of sp³-hybridized carbons (Fsp3) is 0.588. The molecule has 2 aliphatic rings. The Labute approximate surface area is 121 Å². The number of nitrogens with zero attached hydrogens (tertiary/aromatic N) is 2. The van der Waals surface area contributed by atoms with Gasteiger partial charge in [-0.05, 0) is 31.4 Å². The van der Waals surface area contributed by atoms with Crippen LogP contribution in [-0.2, 0) is 0 Å². The van der Waals surface area contributed by atoms with Crippen LogP contribution in [0.3, 0.4) is 0 Å². The molecule has 0 saturated heterocycles. The van der Waals surface area contributed by atoms with Crippen molar-refractivity contribution in [1.82, 2.24) is 0 Å². The summed E-state index contributed by atoms with van der Waals surface area (Å²) in [7, 11) is 0. The number of rotatable bonds is 1. The lowest BCUT2D eigenvalue weighted by molar-refractivity contribution is 0.321. The van der Waals surface area contributed by atoms with E-state index >= 15 is 0 Å². The number of hydrogen-bond acceptors (Lipinski definition) is 3. The van der Waals surface area contributed by atoms with Crippen molar-refractivity contribution in [3.05, 3.63) is 24.3 Å². The molecule has 2 unspecified atom stereocenters. The van der Waals surface area contributed by atoms with Gasteiger partial charge in [-0.25, -0.2) is 0 Å². The maximum absolute atomic E-state index is 9.53. The van der Waals surface area contributed by atoms with Gasteiger partial charge in [0.1, 0.15) is 5.75 Å². The Morgan fingerprint density at radius 3 is 2.85 bits per heavy atom. The highest BCUT2D eigenvalue weighted by Crippen LogP contribution is 2.36. The second-order valence-corrected chi connectivity index (χ2v) is 5.80. The fourth-order valence-corrected chi connectivity index (χ4v) is 3.51.